The number of amides is 1. The third-order valence-corrected chi connectivity index (χ3v) is 7.11. The lowest BCUT2D eigenvalue weighted by molar-refractivity contribution is -0.133. The molecule has 2 atom stereocenters. The monoisotopic (exact) mass is 356 g/mol. The van der Waals surface area contributed by atoms with Crippen LogP contribution in [0.5, 0.6) is 0 Å². The molecule has 0 bridgehead atoms. The highest BCUT2D eigenvalue weighted by molar-refractivity contribution is 7.17. The van der Waals surface area contributed by atoms with Gasteiger partial charge in [-0.15, -0.1) is 11.3 Å². The molecule has 0 spiro atoms. The van der Waals surface area contributed by atoms with E-state index in [1.165, 1.54) is 60.8 Å². The second kappa shape index (κ2) is 7.46. The lowest BCUT2D eigenvalue weighted by Crippen LogP contribution is -2.53. The van der Waals surface area contributed by atoms with E-state index < -0.39 is 0 Å². The van der Waals surface area contributed by atoms with Crippen LogP contribution < -0.4 is 0 Å². The van der Waals surface area contributed by atoms with E-state index in [9.17, 15) is 4.79 Å². The smallest absolute Gasteiger partial charge is 0.227 e. The van der Waals surface area contributed by atoms with Crippen LogP contribution in [-0.4, -0.2) is 47.9 Å². The maximum atomic E-state index is 13.0. The molecule has 4 heteroatoms. The van der Waals surface area contributed by atoms with Crippen molar-refractivity contribution in [2.75, 3.05) is 20.1 Å². The molecule has 1 saturated carbocycles. The van der Waals surface area contributed by atoms with Crippen molar-refractivity contribution in [1.82, 2.24) is 9.80 Å². The highest BCUT2D eigenvalue weighted by Crippen LogP contribution is 2.30. The Morgan fingerprint density at radius 2 is 1.92 bits per heavy atom. The molecule has 1 aliphatic heterocycles. The second-order valence-corrected chi connectivity index (χ2v) is 8.51. The van der Waals surface area contributed by atoms with E-state index in [4.69, 9.17) is 0 Å². The van der Waals surface area contributed by atoms with Gasteiger partial charge in [-0.3, -0.25) is 9.69 Å². The van der Waals surface area contributed by atoms with Crippen molar-refractivity contribution in [1.29, 1.82) is 0 Å². The molecule has 2 aromatic rings. The summed E-state index contributed by atoms with van der Waals surface area (Å²) < 4.78 is 1.28. The van der Waals surface area contributed by atoms with Gasteiger partial charge in [0.15, 0.2) is 0 Å². The summed E-state index contributed by atoms with van der Waals surface area (Å²) >= 11 is 1.75. The van der Waals surface area contributed by atoms with Crippen molar-refractivity contribution in [3.05, 3.63) is 35.2 Å². The summed E-state index contributed by atoms with van der Waals surface area (Å²) in [5.74, 6) is 0.277. The van der Waals surface area contributed by atoms with Crippen LogP contribution in [0.25, 0.3) is 10.1 Å². The predicted molar refractivity (Wildman–Crippen MR) is 105 cm³/mol. The van der Waals surface area contributed by atoms with Crippen LogP contribution >= 0.6 is 11.3 Å². The topological polar surface area (TPSA) is 23.6 Å². The molecule has 2 aliphatic rings. The fourth-order valence-corrected chi connectivity index (χ4v) is 5.65. The molecule has 0 radical (unpaired) electrons. The number of carbonyl (C=O) groups is 1. The Morgan fingerprint density at radius 1 is 1.16 bits per heavy atom. The van der Waals surface area contributed by atoms with Gasteiger partial charge in [0.05, 0.1) is 6.42 Å². The number of rotatable bonds is 4. The number of benzene rings is 1. The number of hydrogen-bond acceptors (Lipinski definition) is 3. The van der Waals surface area contributed by atoms with Crippen molar-refractivity contribution >= 4 is 27.3 Å². The Bertz CT molecular complexity index is 734. The number of nitrogens with zero attached hydrogens (tertiary/aromatic N) is 2. The minimum Gasteiger partial charge on any atom is -0.341 e. The Balaban J connectivity index is 1.48. The molecule has 0 unspecified atom stereocenters. The fourth-order valence-electron chi connectivity index (χ4n) is 4.68. The molecule has 1 amide bonds. The Morgan fingerprint density at radius 3 is 2.76 bits per heavy atom. The maximum absolute atomic E-state index is 13.0. The normalized spacial score (nSPS) is 24.7. The first-order chi connectivity index (χ1) is 12.2. The van der Waals surface area contributed by atoms with Gasteiger partial charge in [0.2, 0.25) is 5.91 Å². The van der Waals surface area contributed by atoms with Gasteiger partial charge in [-0.2, -0.15) is 0 Å². The Kier molecular flexibility index (Phi) is 5.09. The minimum atomic E-state index is 0.277. The largest absolute Gasteiger partial charge is 0.341 e. The summed E-state index contributed by atoms with van der Waals surface area (Å²) in [5, 5.41) is 3.41. The zero-order valence-corrected chi connectivity index (χ0v) is 15.9. The molecule has 1 saturated heterocycles. The first kappa shape index (κ1) is 17.0. The first-order valence-electron chi connectivity index (χ1n) is 9.69. The van der Waals surface area contributed by atoms with E-state index in [2.05, 4.69) is 39.4 Å². The fraction of sp³-hybridized carbons (Fsp3) is 0.571. The van der Waals surface area contributed by atoms with E-state index in [1.807, 2.05) is 7.05 Å². The van der Waals surface area contributed by atoms with Gasteiger partial charge in [-0.05, 0) is 61.2 Å². The van der Waals surface area contributed by atoms with Gasteiger partial charge in [0, 0.05) is 23.8 Å². The number of likely N-dealkylation sites (tertiary alicyclic amines) is 1. The maximum Gasteiger partial charge on any atom is 0.227 e. The van der Waals surface area contributed by atoms with Gasteiger partial charge >= 0.3 is 0 Å². The van der Waals surface area contributed by atoms with Gasteiger partial charge in [-0.25, -0.2) is 0 Å². The lowest BCUT2D eigenvalue weighted by Gasteiger charge is -2.42. The molecule has 1 aromatic heterocycles. The molecule has 134 valence electrons. The van der Waals surface area contributed by atoms with Crippen molar-refractivity contribution in [3.63, 3.8) is 0 Å². The first-order valence-corrected chi connectivity index (χ1v) is 10.6. The second-order valence-electron chi connectivity index (χ2n) is 7.60. The van der Waals surface area contributed by atoms with E-state index >= 15 is 0 Å². The SMILES string of the molecule is CN(C(=O)Cc1csc2ccccc12)[C@H]1CCCC[C@@H]1N1CCCC1. The third-order valence-electron chi connectivity index (χ3n) is 6.10. The van der Waals surface area contributed by atoms with E-state index in [0.29, 0.717) is 18.5 Å². The number of fused-ring (bicyclic) bond motifs is 1. The molecular formula is C21H28N2OS. The van der Waals surface area contributed by atoms with Gasteiger partial charge in [-0.1, -0.05) is 31.0 Å². The van der Waals surface area contributed by atoms with Crippen molar-refractivity contribution in [2.24, 2.45) is 0 Å². The quantitative estimate of drug-likeness (QED) is 0.815. The van der Waals surface area contributed by atoms with Gasteiger partial charge < -0.3 is 4.90 Å². The Labute approximate surface area is 154 Å². The summed E-state index contributed by atoms with van der Waals surface area (Å²) in [6.07, 6.45) is 8.16. The van der Waals surface area contributed by atoms with Gasteiger partial charge in [0.1, 0.15) is 0 Å². The van der Waals surface area contributed by atoms with Crippen LogP contribution in [0.1, 0.15) is 44.1 Å². The van der Waals surface area contributed by atoms with Crippen molar-refractivity contribution < 1.29 is 4.79 Å². The van der Waals surface area contributed by atoms with Crippen LogP contribution in [0.4, 0.5) is 0 Å². The number of carbonyl (C=O) groups excluding carboxylic acids is 1. The van der Waals surface area contributed by atoms with Gasteiger partial charge in [0.25, 0.3) is 0 Å². The summed E-state index contributed by atoms with van der Waals surface area (Å²) in [4.78, 5) is 17.8. The average Bonchev–Trinajstić information content (AvgIpc) is 3.32. The predicted octanol–water partition coefficient (Wildman–Crippen LogP) is 4.31. The number of thiophene rings is 1. The summed E-state index contributed by atoms with van der Waals surface area (Å²) in [6, 6.07) is 9.38. The standard InChI is InChI=1S/C21H28N2OS/c1-22(18-9-3-4-10-19(18)23-12-6-7-13-23)21(24)14-16-15-25-20-11-5-2-8-17(16)20/h2,5,8,11,15,18-19H,3-4,6-7,9-10,12-14H2,1H3/t18-,19-/m0/s1. The average molecular weight is 357 g/mol. The molecule has 2 heterocycles. The van der Waals surface area contributed by atoms with E-state index in [-0.39, 0.29) is 5.91 Å². The van der Waals surface area contributed by atoms with E-state index in [1.54, 1.807) is 11.3 Å². The molecule has 1 aromatic carbocycles. The summed E-state index contributed by atoms with van der Waals surface area (Å²) in [7, 11) is 2.04. The highest BCUT2D eigenvalue weighted by Gasteiger charge is 2.35. The molecule has 4 rings (SSSR count). The van der Waals surface area contributed by atoms with Crippen molar-refractivity contribution in [2.45, 2.75) is 57.0 Å². The number of hydrogen-bond donors (Lipinski definition) is 0. The summed E-state index contributed by atoms with van der Waals surface area (Å²) in [5.41, 5.74) is 1.19. The lowest BCUT2D eigenvalue weighted by atomic mass is 9.88. The zero-order valence-electron chi connectivity index (χ0n) is 15.1. The minimum absolute atomic E-state index is 0.277. The molecular weight excluding hydrogens is 328 g/mol. The molecule has 0 N–H and O–H groups in total. The molecule has 2 fully saturated rings. The van der Waals surface area contributed by atoms with Crippen LogP contribution in [0.2, 0.25) is 0 Å². The summed E-state index contributed by atoms with van der Waals surface area (Å²) in [6.45, 7) is 2.44. The Hall–Kier alpha value is -1.39. The molecule has 25 heavy (non-hydrogen) atoms. The van der Waals surface area contributed by atoms with Crippen LogP contribution in [0, 0.1) is 0 Å². The van der Waals surface area contributed by atoms with Crippen molar-refractivity contribution in [3.8, 4) is 0 Å². The van der Waals surface area contributed by atoms with E-state index in [0.717, 1.165) is 6.42 Å². The van der Waals surface area contributed by atoms with Crippen LogP contribution in [-0.2, 0) is 11.2 Å². The zero-order chi connectivity index (χ0) is 17.2. The molecule has 1 aliphatic carbocycles. The number of likely N-dealkylation sites (N-methyl/N-ethyl adjacent to an activating group) is 1. The van der Waals surface area contributed by atoms with Crippen LogP contribution in [0.15, 0.2) is 29.6 Å². The molecule has 3 nitrogen and oxygen atoms in total. The highest BCUT2D eigenvalue weighted by atomic mass is 32.1. The van der Waals surface area contributed by atoms with Crippen LogP contribution in [0.3, 0.4) is 0 Å². The third kappa shape index (κ3) is 3.47.